The highest BCUT2D eigenvalue weighted by Gasteiger charge is 2.49. The first kappa shape index (κ1) is 5.69. The fourth-order valence-corrected chi connectivity index (χ4v) is 2.31. The van der Waals surface area contributed by atoms with E-state index in [0.29, 0.717) is 11.8 Å². The molecule has 0 heterocycles. The zero-order chi connectivity index (χ0) is 6.43. The summed E-state index contributed by atoms with van der Waals surface area (Å²) in [6.45, 7) is 0. The maximum Gasteiger partial charge on any atom is 0.0725 e. The van der Waals surface area contributed by atoms with Gasteiger partial charge in [0.15, 0.2) is 0 Å². The van der Waals surface area contributed by atoms with Crippen LogP contribution in [-0.4, -0.2) is 17.3 Å². The number of hydrogen-bond acceptors (Lipinski definition) is 2. The van der Waals surface area contributed by atoms with Crippen LogP contribution in [0.25, 0.3) is 0 Å². The molecule has 2 aliphatic carbocycles. The van der Waals surface area contributed by atoms with Gasteiger partial charge >= 0.3 is 0 Å². The quantitative estimate of drug-likeness (QED) is 0.485. The molecule has 0 aliphatic heterocycles. The SMILES string of the molecule is NC1C(O)C2CCCC12. The molecule has 0 radical (unpaired) electrons. The van der Waals surface area contributed by atoms with E-state index < -0.39 is 0 Å². The van der Waals surface area contributed by atoms with Crippen LogP contribution in [-0.2, 0) is 0 Å². The van der Waals surface area contributed by atoms with Gasteiger partial charge in [-0.3, -0.25) is 0 Å². The minimum Gasteiger partial charge on any atom is -0.391 e. The van der Waals surface area contributed by atoms with Crippen LogP contribution in [0, 0.1) is 11.8 Å². The van der Waals surface area contributed by atoms with E-state index >= 15 is 0 Å². The van der Waals surface area contributed by atoms with Crippen molar-refractivity contribution in [2.75, 3.05) is 0 Å². The molecule has 2 nitrogen and oxygen atoms in total. The van der Waals surface area contributed by atoms with Crippen LogP contribution in [0.15, 0.2) is 0 Å². The van der Waals surface area contributed by atoms with Gasteiger partial charge in [-0.25, -0.2) is 0 Å². The van der Waals surface area contributed by atoms with Crippen molar-refractivity contribution in [1.82, 2.24) is 0 Å². The van der Waals surface area contributed by atoms with Gasteiger partial charge in [-0.2, -0.15) is 0 Å². The molecule has 4 unspecified atom stereocenters. The molecule has 4 atom stereocenters. The number of aliphatic hydroxyl groups is 1. The molecule has 2 rings (SSSR count). The Kier molecular flexibility index (Phi) is 1.08. The van der Waals surface area contributed by atoms with E-state index in [4.69, 9.17) is 5.73 Å². The van der Waals surface area contributed by atoms with Crippen molar-refractivity contribution < 1.29 is 5.11 Å². The summed E-state index contributed by atoms with van der Waals surface area (Å²) in [6.07, 6.45) is 3.57. The molecule has 0 amide bonds. The fraction of sp³-hybridized carbons (Fsp3) is 1.00. The van der Waals surface area contributed by atoms with Gasteiger partial charge in [-0.05, 0) is 24.7 Å². The van der Waals surface area contributed by atoms with Gasteiger partial charge in [0, 0.05) is 6.04 Å². The molecule has 0 saturated heterocycles. The third-order valence-electron chi connectivity index (χ3n) is 2.95. The van der Waals surface area contributed by atoms with E-state index in [0.717, 1.165) is 0 Å². The summed E-state index contributed by atoms with van der Waals surface area (Å²) in [5, 5.41) is 9.26. The van der Waals surface area contributed by atoms with E-state index in [1.165, 1.54) is 19.3 Å². The van der Waals surface area contributed by atoms with Crippen molar-refractivity contribution in [2.24, 2.45) is 17.6 Å². The fourth-order valence-electron chi connectivity index (χ4n) is 2.31. The standard InChI is InChI=1S/C7H13NO/c8-6-4-2-1-3-5(4)7(6)9/h4-7,9H,1-3,8H2. The topological polar surface area (TPSA) is 46.2 Å². The summed E-state index contributed by atoms with van der Waals surface area (Å²) in [5.74, 6) is 1.24. The Balaban J connectivity index is 2.06. The lowest BCUT2D eigenvalue weighted by molar-refractivity contribution is -0.0391. The first-order valence-corrected chi connectivity index (χ1v) is 3.74. The third kappa shape index (κ3) is 0.578. The highest BCUT2D eigenvalue weighted by molar-refractivity contribution is 5.03. The van der Waals surface area contributed by atoms with Crippen LogP contribution in [0.5, 0.6) is 0 Å². The normalized spacial score (nSPS) is 56.7. The Bertz CT molecular complexity index is 112. The van der Waals surface area contributed by atoms with Crippen molar-refractivity contribution in [3.8, 4) is 0 Å². The second-order valence-electron chi connectivity index (χ2n) is 3.33. The first-order valence-electron chi connectivity index (χ1n) is 3.74. The Labute approximate surface area is 55.1 Å². The molecular formula is C7H13NO. The lowest BCUT2D eigenvalue weighted by Gasteiger charge is -2.43. The van der Waals surface area contributed by atoms with Crippen LogP contribution in [0.4, 0.5) is 0 Å². The zero-order valence-electron chi connectivity index (χ0n) is 5.46. The summed E-state index contributed by atoms with van der Waals surface area (Å²) in [4.78, 5) is 0. The smallest absolute Gasteiger partial charge is 0.0725 e. The van der Waals surface area contributed by atoms with Crippen LogP contribution in [0.3, 0.4) is 0 Å². The molecule has 0 aromatic heterocycles. The molecule has 3 N–H and O–H groups in total. The maximum absolute atomic E-state index is 9.26. The molecule has 52 valence electrons. The average Bonchev–Trinajstić information content (AvgIpc) is 2.30. The molecule has 0 aromatic carbocycles. The minimum atomic E-state index is -0.169. The summed E-state index contributed by atoms with van der Waals surface area (Å²) in [7, 11) is 0. The van der Waals surface area contributed by atoms with E-state index in [9.17, 15) is 5.11 Å². The van der Waals surface area contributed by atoms with Crippen molar-refractivity contribution >= 4 is 0 Å². The highest BCUT2D eigenvalue weighted by atomic mass is 16.3. The minimum absolute atomic E-state index is 0.109. The van der Waals surface area contributed by atoms with E-state index in [-0.39, 0.29) is 12.1 Å². The van der Waals surface area contributed by atoms with Gasteiger partial charge in [-0.15, -0.1) is 0 Å². The Hall–Kier alpha value is -0.0800. The maximum atomic E-state index is 9.26. The predicted octanol–water partition coefficient (Wildman–Crippen LogP) is 0.104. The van der Waals surface area contributed by atoms with Gasteiger partial charge in [0.1, 0.15) is 0 Å². The number of hydrogen-bond donors (Lipinski definition) is 2. The summed E-state index contributed by atoms with van der Waals surface area (Å²) < 4.78 is 0. The second kappa shape index (κ2) is 1.70. The molecule has 2 fully saturated rings. The van der Waals surface area contributed by atoms with Gasteiger partial charge in [-0.1, -0.05) is 6.42 Å². The number of rotatable bonds is 0. The van der Waals surface area contributed by atoms with Crippen LogP contribution < -0.4 is 5.73 Å². The molecular weight excluding hydrogens is 114 g/mol. The largest absolute Gasteiger partial charge is 0.391 e. The average molecular weight is 127 g/mol. The molecule has 9 heavy (non-hydrogen) atoms. The second-order valence-corrected chi connectivity index (χ2v) is 3.33. The van der Waals surface area contributed by atoms with Gasteiger partial charge in [0.2, 0.25) is 0 Å². The lowest BCUT2D eigenvalue weighted by Crippen LogP contribution is -2.57. The molecule has 2 saturated carbocycles. The number of nitrogens with two attached hydrogens (primary N) is 1. The molecule has 0 aromatic rings. The van der Waals surface area contributed by atoms with Crippen LogP contribution in [0.2, 0.25) is 0 Å². The number of aliphatic hydroxyl groups excluding tert-OH is 1. The Morgan fingerprint density at radius 1 is 1.22 bits per heavy atom. The Morgan fingerprint density at radius 3 is 2.56 bits per heavy atom. The Morgan fingerprint density at radius 2 is 1.89 bits per heavy atom. The van der Waals surface area contributed by atoms with Crippen molar-refractivity contribution in [3.63, 3.8) is 0 Å². The van der Waals surface area contributed by atoms with Crippen LogP contribution in [0.1, 0.15) is 19.3 Å². The van der Waals surface area contributed by atoms with E-state index in [1.807, 2.05) is 0 Å². The molecule has 2 aliphatic rings. The van der Waals surface area contributed by atoms with Gasteiger partial charge in [0.25, 0.3) is 0 Å². The van der Waals surface area contributed by atoms with E-state index in [2.05, 4.69) is 0 Å². The first-order chi connectivity index (χ1) is 4.30. The van der Waals surface area contributed by atoms with Crippen molar-refractivity contribution in [2.45, 2.75) is 31.4 Å². The molecule has 2 heteroatoms. The predicted molar refractivity (Wildman–Crippen MR) is 34.8 cm³/mol. The third-order valence-corrected chi connectivity index (χ3v) is 2.95. The van der Waals surface area contributed by atoms with Crippen molar-refractivity contribution in [3.05, 3.63) is 0 Å². The summed E-state index contributed by atoms with van der Waals surface area (Å²) in [5.41, 5.74) is 5.66. The van der Waals surface area contributed by atoms with Crippen molar-refractivity contribution in [1.29, 1.82) is 0 Å². The van der Waals surface area contributed by atoms with E-state index in [1.54, 1.807) is 0 Å². The van der Waals surface area contributed by atoms with Gasteiger partial charge < -0.3 is 10.8 Å². The lowest BCUT2D eigenvalue weighted by atomic mass is 9.69. The zero-order valence-corrected chi connectivity index (χ0v) is 5.46. The monoisotopic (exact) mass is 127 g/mol. The summed E-state index contributed by atoms with van der Waals surface area (Å²) in [6, 6.07) is 0.109. The van der Waals surface area contributed by atoms with Gasteiger partial charge in [0.05, 0.1) is 6.10 Å². The number of fused-ring (bicyclic) bond motifs is 1. The highest BCUT2D eigenvalue weighted by Crippen LogP contribution is 2.45. The molecule has 0 bridgehead atoms. The summed E-state index contributed by atoms with van der Waals surface area (Å²) >= 11 is 0. The van der Waals surface area contributed by atoms with Crippen LogP contribution >= 0.6 is 0 Å². The molecule has 0 spiro atoms.